The third-order valence-corrected chi connectivity index (χ3v) is 13.6. The van der Waals surface area contributed by atoms with Gasteiger partial charge in [-0.15, -0.1) is 0 Å². The second-order valence-electron chi connectivity index (χ2n) is 19.6. The molecule has 63 heavy (non-hydrogen) atoms. The van der Waals surface area contributed by atoms with Crippen LogP contribution in [0, 0.1) is 22.6 Å². The Morgan fingerprint density at radius 2 is 1.75 bits per heavy atom. The summed E-state index contributed by atoms with van der Waals surface area (Å²) >= 11 is 0. The summed E-state index contributed by atoms with van der Waals surface area (Å²) in [4.78, 5) is 60.9. The molecule has 2 aliphatic heterocycles. The number of aromatic nitrogens is 1. The number of pyridine rings is 1. The molecule has 4 fully saturated rings. The highest BCUT2D eigenvalue weighted by Gasteiger charge is 2.77. The van der Waals surface area contributed by atoms with Gasteiger partial charge in [-0.25, -0.2) is 18.8 Å². The highest BCUT2D eigenvalue weighted by molar-refractivity contribution is 5.89. The van der Waals surface area contributed by atoms with E-state index in [1.165, 1.54) is 19.2 Å². The number of benzene rings is 1. The van der Waals surface area contributed by atoms with Gasteiger partial charge in [-0.05, 0) is 90.0 Å². The largest absolute Gasteiger partial charge is 0.456 e. The van der Waals surface area contributed by atoms with Crippen molar-refractivity contribution in [1.29, 1.82) is 0 Å². The molecule has 3 N–H and O–H groups in total. The maximum absolute atomic E-state index is 15.3. The van der Waals surface area contributed by atoms with E-state index in [1.807, 2.05) is 25.9 Å². The van der Waals surface area contributed by atoms with Crippen LogP contribution in [0.2, 0.25) is 0 Å². The molecule has 3 aliphatic carbocycles. The second kappa shape index (κ2) is 16.8. The highest BCUT2D eigenvalue weighted by Crippen LogP contribution is 2.66. The molecule has 2 bridgehead atoms. The van der Waals surface area contributed by atoms with Crippen LogP contribution in [0.3, 0.4) is 0 Å². The van der Waals surface area contributed by atoms with E-state index in [0.29, 0.717) is 30.5 Å². The molecule has 5 aliphatic rings. The maximum Gasteiger partial charge on any atom is 0.408 e. The number of aliphatic hydroxyl groups excluding tert-OH is 1. The lowest BCUT2D eigenvalue weighted by molar-refractivity contribution is -0.345. The number of amides is 1. The summed E-state index contributed by atoms with van der Waals surface area (Å²) in [7, 11) is 3.75. The van der Waals surface area contributed by atoms with Crippen LogP contribution in [0.4, 0.5) is 9.18 Å². The Morgan fingerprint density at radius 1 is 1.05 bits per heavy atom. The van der Waals surface area contributed by atoms with Gasteiger partial charge in [0, 0.05) is 36.9 Å². The Morgan fingerprint density at radius 3 is 2.35 bits per heavy atom. The summed E-state index contributed by atoms with van der Waals surface area (Å²) in [6.07, 6.45) is -7.45. The summed E-state index contributed by atoms with van der Waals surface area (Å²) in [6.45, 7) is 13.7. The van der Waals surface area contributed by atoms with Gasteiger partial charge in [0.25, 0.3) is 0 Å². The molecule has 17 heteroatoms. The van der Waals surface area contributed by atoms with Crippen molar-refractivity contribution < 1.29 is 66.9 Å². The number of rotatable bonds is 10. The smallest absolute Gasteiger partial charge is 0.408 e. The van der Waals surface area contributed by atoms with Crippen molar-refractivity contribution in [3.8, 4) is 0 Å². The zero-order chi connectivity index (χ0) is 46.0. The Kier molecular flexibility index (Phi) is 12.4. The number of nitrogens with zero attached hydrogens (tertiary/aromatic N) is 2. The maximum atomic E-state index is 15.3. The molecule has 0 radical (unpaired) electrons. The van der Waals surface area contributed by atoms with E-state index in [2.05, 4.69) is 10.3 Å². The molecule has 2 aromatic rings. The number of alkyl carbamates (subject to hydrolysis) is 1. The van der Waals surface area contributed by atoms with Crippen LogP contribution in [0.1, 0.15) is 96.7 Å². The van der Waals surface area contributed by atoms with Crippen molar-refractivity contribution in [2.24, 2.45) is 16.7 Å². The Bertz CT molecular complexity index is 2130. The Hall–Kier alpha value is -4.52. The summed E-state index contributed by atoms with van der Waals surface area (Å²) in [5.74, 6) is -4.55. The van der Waals surface area contributed by atoms with E-state index in [0.717, 1.165) is 6.07 Å². The SMILES string of the molecule is CC(=O)O[C@@]12CO[C@@H]1CC[C@]1(C)C2C(OC(=O)c2ccccc2)[C@]2(O)CC(OC(=O)C(O)C(NC(=O)OC(C)(C)C)c3ncccc3F)C(C)=C([C@H]3OC(CN(C)C)O[C@H]31)C2(C)C. The monoisotopic (exact) mass is 881 g/mol. The van der Waals surface area contributed by atoms with E-state index in [9.17, 15) is 29.4 Å². The molecule has 16 nitrogen and oxygen atoms in total. The number of carbonyl (C=O) groups excluding carboxylic acids is 4. The lowest BCUT2D eigenvalue weighted by atomic mass is 9.45. The van der Waals surface area contributed by atoms with Crippen molar-refractivity contribution in [2.75, 3.05) is 27.2 Å². The zero-order valence-corrected chi connectivity index (χ0v) is 37.5. The molecule has 12 atom stereocenters. The number of esters is 3. The van der Waals surface area contributed by atoms with E-state index < -0.39 is 124 Å². The lowest BCUT2D eigenvalue weighted by Gasteiger charge is -2.68. The van der Waals surface area contributed by atoms with Gasteiger partial charge in [0.15, 0.2) is 18.0 Å². The Balaban J connectivity index is 1.38. The standard InChI is InChI=1S/C46H60FN3O13/c1-24-28(58-40(54)34(52)33(32-27(47)17-14-20-48-32)49-41(55)63-42(3,4)5)21-46(56)38(61-39(53)26-15-12-11-13-16-26)36-44(8,19-18-29-45(36,23-57-29)62-25(2)51)37-35(31(24)43(46,6)7)59-30(60-37)22-50(9)10/h11-17,20,28-30,33-38,52,56H,18-19,21-23H2,1-10H3,(H,49,55)/t28?,29-,30?,33?,34?,35-,36?,37-,38?,44-,45+,46-/m1/s1. The van der Waals surface area contributed by atoms with Crippen molar-refractivity contribution in [2.45, 2.75) is 140 Å². The van der Waals surface area contributed by atoms with Crippen molar-refractivity contribution in [1.82, 2.24) is 15.2 Å². The normalized spacial score (nSPS) is 34.1. The van der Waals surface area contributed by atoms with Crippen molar-refractivity contribution in [3.05, 3.63) is 76.9 Å². The number of likely N-dealkylation sites (N-methyl/N-ethyl adjacent to an activating group) is 1. The Labute approximate surface area is 366 Å². The zero-order valence-electron chi connectivity index (χ0n) is 37.5. The average molecular weight is 882 g/mol. The number of halogens is 1. The number of nitrogens with one attached hydrogen (secondary N) is 1. The molecule has 1 aromatic heterocycles. The van der Waals surface area contributed by atoms with Crippen LogP contribution in [0.15, 0.2) is 59.8 Å². The summed E-state index contributed by atoms with van der Waals surface area (Å²) in [5, 5.41) is 28.0. The second-order valence-corrected chi connectivity index (χ2v) is 19.6. The van der Waals surface area contributed by atoms with E-state index >= 15 is 4.39 Å². The quantitative estimate of drug-likeness (QED) is 0.170. The molecule has 3 heterocycles. The molecule has 6 unspecified atom stereocenters. The number of hydrogen-bond donors (Lipinski definition) is 3. The number of carbonyl (C=O) groups is 4. The summed E-state index contributed by atoms with van der Waals surface area (Å²) in [6, 6.07) is 8.88. The first-order valence-corrected chi connectivity index (χ1v) is 21.4. The molecular weight excluding hydrogens is 822 g/mol. The number of fused-ring (bicyclic) bond motifs is 8. The third-order valence-electron chi connectivity index (χ3n) is 13.6. The van der Waals surface area contributed by atoms with Crippen LogP contribution in [0.5, 0.6) is 0 Å². The minimum atomic E-state index is -2.24. The number of aliphatic hydroxyl groups is 2. The van der Waals surface area contributed by atoms with Crippen LogP contribution < -0.4 is 5.32 Å². The molecule has 2 saturated heterocycles. The number of ether oxygens (including phenoxy) is 7. The average Bonchev–Trinajstić information content (AvgIpc) is 3.59. The first-order chi connectivity index (χ1) is 29.4. The molecular formula is C46H60FN3O13. The summed E-state index contributed by atoms with van der Waals surface area (Å²) in [5.41, 5.74) is -6.14. The van der Waals surface area contributed by atoms with Gasteiger partial charge in [-0.1, -0.05) is 39.0 Å². The fraction of sp³-hybridized carbons (Fsp3) is 0.630. The van der Waals surface area contributed by atoms with Crippen LogP contribution in [-0.4, -0.2) is 131 Å². The van der Waals surface area contributed by atoms with Gasteiger partial charge in [0.1, 0.15) is 53.2 Å². The topological polar surface area (TPSA) is 202 Å². The minimum absolute atomic E-state index is 0.0603. The van der Waals surface area contributed by atoms with Gasteiger partial charge in [0.2, 0.25) is 0 Å². The predicted octanol–water partition coefficient (Wildman–Crippen LogP) is 4.56. The van der Waals surface area contributed by atoms with E-state index in [1.54, 1.807) is 71.9 Å². The lowest BCUT2D eigenvalue weighted by Crippen LogP contribution is -2.79. The van der Waals surface area contributed by atoms with Gasteiger partial charge < -0.3 is 53.6 Å². The van der Waals surface area contributed by atoms with E-state index in [4.69, 9.17) is 33.2 Å². The van der Waals surface area contributed by atoms with Gasteiger partial charge in [-0.2, -0.15) is 0 Å². The first kappa shape index (κ1) is 46.5. The van der Waals surface area contributed by atoms with Gasteiger partial charge in [-0.3, -0.25) is 9.78 Å². The van der Waals surface area contributed by atoms with Crippen LogP contribution in [0.25, 0.3) is 0 Å². The van der Waals surface area contributed by atoms with Crippen molar-refractivity contribution in [3.63, 3.8) is 0 Å². The van der Waals surface area contributed by atoms with Crippen LogP contribution in [-0.2, 0) is 42.7 Å². The first-order valence-electron chi connectivity index (χ1n) is 21.4. The molecule has 2 saturated carbocycles. The molecule has 0 spiro atoms. The fourth-order valence-corrected chi connectivity index (χ4v) is 10.8. The van der Waals surface area contributed by atoms with Gasteiger partial charge >= 0.3 is 24.0 Å². The van der Waals surface area contributed by atoms with Gasteiger partial charge in [0.05, 0.1) is 24.2 Å². The highest BCUT2D eigenvalue weighted by atomic mass is 19.1. The molecule has 7 rings (SSSR count). The van der Waals surface area contributed by atoms with Crippen molar-refractivity contribution >= 4 is 24.0 Å². The molecule has 344 valence electrons. The minimum Gasteiger partial charge on any atom is -0.456 e. The third kappa shape index (κ3) is 8.25. The summed E-state index contributed by atoms with van der Waals surface area (Å²) < 4.78 is 59.7. The number of hydrogen-bond acceptors (Lipinski definition) is 15. The molecule has 1 amide bonds. The van der Waals surface area contributed by atoms with E-state index in [-0.39, 0.29) is 12.2 Å². The molecule has 1 aromatic carbocycles. The fourth-order valence-electron chi connectivity index (χ4n) is 10.8. The predicted molar refractivity (Wildman–Crippen MR) is 221 cm³/mol. The van der Waals surface area contributed by atoms with Crippen LogP contribution >= 0.6 is 0 Å².